The van der Waals surface area contributed by atoms with E-state index in [9.17, 15) is 19.2 Å². The van der Waals surface area contributed by atoms with Crippen molar-refractivity contribution in [2.24, 2.45) is 11.8 Å². The van der Waals surface area contributed by atoms with Crippen LogP contribution in [0.5, 0.6) is 5.75 Å². The summed E-state index contributed by atoms with van der Waals surface area (Å²) in [5, 5.41) is 6.84. The maximum atomic E-state index is 14.4. The van der Waals surface area contributed by atoms with Gasteiger partial charge in [-0.25, -0.2) is 0 Å². The van der Waals surface area contributed by atoms with E-state index < -0.39 is 35.9 Å². The van der Waals surface area contributed by atoms with Crippen molar-refractivity contribution >= 4 is 50.5 Å². The molecule has 1 aromatic heterocycles. The van der Waals surface area contributed by atoms with E-state index in [0.29, 0.717) is 28.8 Å². The number of cyclic esters (lactones) is 1. The molecule has 0 aliphatic carbocycles. The van der Waals surface area contributed by atoms with Gasteiger partial charge in [-0.1, -0.05) is 55.8 Å². The molecule has 11 heteroatoms. The summed E-state index contributed by atoms with van der Waals surface area (Å²) in [6, 6.07) is 12.2. The first-order valence-electron chi connectivity index (χ1n) is 16.4. The van der Waals surface area contributed by atoms with Crippen molar-refractivity contribution in [2.75, 3.05) is 14.2 Å². The van der Waals surface area contributed by atoms with Gasteiger partial charge in [-0.05, 0) is 84.8 Å². The van der Waals surface area contributed by atoms with Crippen LogP contribution in [0, 0.1) is 11.8 Å². The van der Waals surface area contributed by atoms with Crippen molar-refractivity contribution in [2.45, 2.75) is 84.5 Å². The van der Waals surface area contributed by atoms with E-state index in [1.165, 1.54) is 4.90 Å². The van der Waals surface area contributed by atoms with Gasteiger partial charge in [0.15, 0.2) is 0 Å². The van der Waals surface area contributed by atoms with Crippen LogP contribution in [0.2, 0.25) is 0 Å². The lowest BCUT2D eigenvalue weighted by molar-refractivity contribution is -0.149. The molecule has 48 heavy (non-hydrogen) atoms. The molecule has 0 unspecified atom stereocenters. The fourth-order valence-corrected chi connectivity index (χ4v) is 7.00. The van der Waals surface area contributed by atoms with E-state index in [1.807, 2.05) is 52.0 Å². The van der Waals surface area contributed by atoms with Crippen molar-refractivity contribution in [1.82, 2.24) is 20.5 Å². The Labute approximate surface area is 291 Å². The fourth-order valence-electron chi connectivity index (χ4n) is 6.41. The number of allylic oxidation sites excluding steroid dienone is 2. The Morgan fingerprint density at radius 1 is 0.938 bits per heavy atom. The van der Waals surface area contributed by atoms with Crippen LogP contribution in [0.25, 0.3) is 10.9 Å². The lowest BCUT2D eigenvalue weighted by Crippen LogP contribution is -2.55. The van der Waals surface area contributed by atoms with Crippen LogP contribution in [-0.4, -0.2) is 65.9 Å². The minimum atomic E-state index is -0.992. The number of carbonyl (C=O) groups is 4. The number of likely N-dealkylation sites (N-methyl/N-ethyl adjacent to an activating group) is 1. The zero-order valence-electron chi connectivity index (χ0n) is 28.8. The number of nitrogens with one attached hydrogen (secondary N) is 3. The van der Waals surface area contributed by atoms with Crippen LogP contribution in [0.3, 0.4) is 0 Å². The first kappa shape index (κ1) is 36.7. The Balaban J connectivity index is 1.75. The minimum absolute atomic E-state index is 0.0981. The van der Waals surface area contributed by atoms with Crippen LogP contribution >= 0.6 is 15.9 Å². The average molecular weight is 724 g/mol. The number of halogens is 1. The third-order valence-corrected chi connectivity index (χ3v) is 9.57. The molecular formula is C37H47BrN4O6. The number of para-hydroxylation sites is 1. The lowest BCUT2D eigenvalue weighted by atomic mass is 9.95. The summed E-state index contributed by atoms with van der Waals surface area (Å²) in [6.45, 7) is 9.34. The maximum Gasteiger partial charge on any atom is 0.308 e. The van der Waals surface area contributed by atoms with Crippen molar-refractivity contribution in [1.29, 1.82) is 0 Å². The van der Waals surface area contributed by atoms with E-state index in [1.54, 1.807) is 45.3 Å². The molecule has 1 aliphatic heterocycles. The summed E-state index contributed by atoms with van der Waals surface area (Å²) in [5.41, 5.74) is 3.42. The number of hydrogen-bond acceptors (Lipinski definition) is 6. The SMILES string of the molecule is COc1ccc([C@H]2CC(=O)O[C@@H](C)C[C@@H](C)/C=C(\C)C[C@@H](C)C(=O)N[C@@H](C)C(=O)N(C)[C@H](Cc3c(Br)[nH]c4ccccc34)C(=O)N2)cc1. The van der Waals surface area contributed by atoms with E-state index in [2.05, 4.69) is 37.6 Å². The van der Waals surface area contributed by atoms with E-state index in [4.69, 9.17) is 9.47 Å². The minimum Gasteiger partial charge on any atom is -0.497 e. The number of ether oxygens (including phenoxy) is 2. The number of esters is 1. The second-order valence-electron chi connectivity index (χ2n) is 13.0. The smallest absolute Gasteiger partial charge is 0.308 e. The molecule has 10 nitrogen and oxygen atoms in total. The van der Waals surface area contributed by atoms with Gasteiger partial charge in [0.05, 0.1) is 30.3 Å². The number of aromatic nitrogens is 1. The third-order valence-electron chi connectivity index (χ3n) is 8.89. The normalized spacial score (nSPS) is 26.8. The van der Waals surface area contributed by atoms with E-state index in [0.717, 1.165) is 22.0 Å². The fraction of sp³-hybridized carbons (Fsp3) is 0.459. The van der Waals surface area contributed by atoms with E-state index >= 15 is 0 Å². The van der Waals surface area contributed by atoms with Crippen molar-refractivity contribution in [3.8, 4) is 5.75 Å². The van der Waals surface area contributed by atoms with Gasteiger partial charge in [-0.3, -0.25) is 19.2 Å². The van der Waals surface area contributed by atoms with Crippen LogP contribution in [0.1, 0.15) is 71.0 Å². The number of benzene rings is 2. The molecule has 3 aromatic rings. The van der Waals surface area contributed by atoms with Crippen molar-refractivity contribution in [3.05, 3.63) is 75.9 Å². The van der Waals surface area contributed by atoms with Gasteiger partial charge in [0.2, 0.25) is 17.7 Å². The molecule has 0 spiro atoms. The summed E-state index contributed by atoms with van der Waals surface area (Å²) in [6.07, 6.45) is 2.89. The number of methoxy groups -OCH3 is 1. The van der Waals surface area contributed by atoms with Gasteiger partial charge in [0, 0.05) is 30.3 Å². The molecule has 0 radical (unpaired) electrons. The molecule has 3 amide bonds. The predicted molar refractivity (Wildman–Crippen MR) is 189 cm³/mol. The number of H-pyrrole nitrogens is 1. The molecule has 0 saturated carbocycles. The molecule has 0 fully saturated rings. The number of hydrogen-bond donors (Lipinski definition) is 3. The third kappa shape index (κ3) is 9.27. The highest BCUT2D eigenvalue weighted by Gasteiger charge is 2.34. The zero-order chi connectivity index (χ0) is 35.1. The monoisotopic (exact) mass is 722 g/mol. The van der Waals surface area contributed by atoms with Gasteiger partial charge < -0.3 is 30.0 Å². The number of amides is 3. The highest BCUT2D eigenvalue weighted by atomic mass is 79.9. The highest BCUT2D eigenvalue weighted by molar-refractivity contribution is 9.10. The van der Waals surface area contributed by atoms with Gasteiger partial charge in [-0.2, -0.15) is 0 Å². The summed E-state index contributed by atoms with van der Waals surface area (Å²) in [4.78, 5) is 59.5. The molecule has 258 valence electrons. The number of carbonyl (C=O) groups excluding carboxylic acids is 4. The summed E-state index contributed by atoms with van der Waals surface area (Å²) in [7, 11) is 3.13. The standard InChI is InChI=1S/C37H47BrN4O6/c1-21-16-22(2)18-24(4)48-33(43)20-31(26-12-14-27(47-7)15-13-26)41-36(45)32(19-29-28-10-8-9-11-30(28)40-34(29)38)42(6)37(46)25(5)39-35(44)23(3)17-21/h8-16,22-25,31-32,40H,17-20H2,1-7H3,(H,39,44)(H,41,45)/b21-16+/t22-,23+,24-,25-,31+,32+/m0/s1. The predicted octanol–water partition coefficient (Wildman–Crippen LogP) is 6.00. The average Bonchev–Trinajstić information content (AvgIpc) is 3.35. The Morgan fingerprint density at radius 3 is 2.31 bits per heavy atom. The van der Waals surface area contributed by atoms with Crippen molar-refractivity contribution in [3.63, 3.8) is 0 Å². The second kappa shape index (κ2) is 16.3. The summed E-state index contributed by atoms with van der Waals surface area (Å²) < 4.78 is 11.9. The quantitative estimate of drug-likeness (QED) is 0.224. The molecule has 2 aromatic carbocycles. The van der Waals surface area contributed by atoms with Crippen LogP contribution in [-0.2, 0) is 30.3 Å². The first-order valence-corrected chi connectivity index (χ1v) is 17.2. The molecule has 1 aliphatic rings. The molecule has 0 bridgehead atoms. The topological polar surface area (TPSA) is 130 Å². The Morgan fingerprint density at radius 2 is 1.62 bits per heavy atom. The first-order chi connectivity index (χ1) is 22.8. The Kier molecular flexibility index (Phi) is 12.5. The number of nitrogens with zero attached hydrogens (tertiary/aromatic N) is 1. The lowest BCUT2D eigenvalue weighted by Gasteiger charge is -2.32. The van der Waals surface area contributed by atoms with Gasteiger partial charge in [-0.15, -0.1) is 0 Å². The molecular weight excluding hydrogens is 676 g/mol. The van der Waals surface area contributed by atoms with Crippen LogP contribution in [0.15, 0.2) is 64.8 Å². The molecule has 4 rings (SSSR count). The molecule has 2 heterocycles. The second-order valence-corrected chi connectivity index (χ2v) is 13.8. The molecule has 6 atom stereocenters. The largest absolute Gasteiger partial charge is 0.497 e. The van der Waals surface area contributed by atoms with Gasteiger partial charge in [0.1, 0.15) is 17.8 Å². The van der Waals surface area contributed by atoms with Crippen molar-refractivity contribution < 1.29 is 28.7 Å². The zero-order valence-corrected chi connectivity index (χ0v) is 30.3. The van der Waals surface area contributed by atoms with Gasteiger partial charge in [0.25, 0.3) is 0 Å². The highest BCUT2D eigenvalue weighted by Crippen LogP contribution is 2.29. The molecule has 3 N–H and O–H groups in total. The van der Waals surface area contributed by atoms with Gasteiger partial charge >= 0.3 is 5.97 Å². The summed E-state index contributed by atoms with van der Waals surface area (Å²) in [5.74, 6) is -1.22. The summed E-state index contributed by atoms with van der Waals surface area (Å²) >= 11 is 3.62. The Hall–Kier alpha value is -4.12. The van der Waals surface area contributed by atoms with Crippen LogP contribution in [0.4, 0.5) is 0 Å². The number of aromatic amines is 1. The van der Waals surface area contributed by atoms with E-state index in [-0.39, 0.29) is 36.7 Å². The number of fused-ring (bicyclic) bond motifs is 1. The number of rotatable bonds is 4. The Bertz CT molecular complexity index is 1650. The molecule has 0 saturated heterocycles. The maximum absolute atomic E-state index is 14.4. The van der Waals surface area contributed by atoms with Crippen LogP contribution < -0.4 is 15.4 Å².